The highest BCUT2D eigenvalue weighted by Gasteiger charge is 2.34. The van der Waals surface area contributed by atoms with Gasteiger partial charge in [-0.05, 0) is 49.5 Å². The highest BCUT2D eigenvalue weighted by atomic mass is 35.5. The zero-order valence-electron chi connectivity index (χ0n) is 19.4. The number of hydrogen-bond donors (Lipinski definition) is 1. The molecule has 2 aliphatic heterocycles. The van der Waals surface area contributed by atoms with E-state index in [0.29, 0.717) is 10.0 Å². The van der Waals surface area contributed by atoms with Gasteiger partial charge in [-0.15, -0.1) is 12.4 Å². The number of carbonyl (C=O) groups is 1. The van der Waals surface area contributed by atoms with Crippen molar-refractivity contribution in [1.29, 1.82) is 0 Å². The molecule has 8 heteroatoms. The van der Waals surface area contributed by atoms with E-state index < -0.39 is 0 Å². The first-order chi connectivity index (χ1) is 16.0. The molecule has 0 radical (unpaired) electrons. The number of piperazine rings is 1. The van der Waals surface area contributed by atoms with Crippen molar-refractivity contribution in [2.45, 2.75) is 45.2 Å². The van der Waals surface area contributed by atoms with Crippen LogP contribution >= 0.6 is 35.6 Å². The van der Waals surface area contributed by atoms with Gasteiger partial charge >= 0.3 is 0 Å². The quantitative estimate of drug-likeness (QED) is 0.516. The molecule has 2 unspecified atom stereocenters. The Labute approximate surface area is 218 Å². The first-order valence-electron chi connectivity index (χ1n) is 12.0. The van der Waals surface area contributed by atoms with E-state index in [1.54, 1.807) is 0 Å². The number of fused-ring (bicyclic) bond motifs is 2. The Hall–Kier alpha value is -1.79. The van der Waals surface area contributed by atoms with Crippen LogP contribution in [0.1, 0.15) is 39.0 Å². The predicted molar refractivity (Wildman–Crippen MR) is 143 cm³/mol. The molecular weight excluding hydrogens is 491 g/mol. The van der Waals surface area contributed by atoms with Gasteiger partial charge in [-0.25, -0.2) is 0 Å². The molecule has 1 aromatic carbocycles. The topological polar surface area (TPSA) is 47.9 Å². The van der Waals surface area contributed by atoms with E-state index in [1.165, 1.54) is 16.9 Å². The molecule has 4 aliphatic rings. The van der Waals surface area contributed by atoms with Gasteiger partial charge in [0.05, 0.1) is 27.6 Å². The van der Waals surface area contributed by atoms with E-state index in [1.807, 2.05) is 18.2 Å². The van der Waals surface area contributed by atoms with Crippen LogP contribution in [0.25, 0.3) is 0 Å². The minimum Gasteiger partial charge on any atom is -0.368 e. The van der Waals surface area contributed by atoms with Crippen LogP contribution in [0.2, 0.25) is 10.0 Å². The van der Waals surface area contributed by atoms with Gasteiger partial charge in [0.25, 0.3) is 0 Å². The lowest BCUT2D eigenvalue weighted by Crippen LogP contribution is -2.56. The lowest BCUT2D eigenvalue weighted by molar-refractivity contribution is -0.127. The molecule has 34 heavy (non-hydrogen) atoms. The molecule has 182 valence electrons. The molecule has 2 fully saturated rings. The van der Waals surface area contributed by atoms with Gasteiger partial charge in [0.2, 0.25) is 5.91 Å². The lowest BCUT2D eigenvalue weighted by Gasteiger charge is -2.41. The minimum absolute atomic E-state index is 0. The number of anilines is 1. The number of benzene rings is 1. The molecule has 2 heterocycles. The summed E-state index contributed by atoms with van der Waals surface area (Å²) < 4.78 is 0. The van der Waals surface area contributed by atoms with Crippen molar-refractivity contribution in [3.63, 3.8) is 0 Å². The second kappa shape index (κ2) is 10.9. The number of nitrogens with zero attached hydrogens (tertiary/aromatic N) is 3. The Balaban J connectivity index is 0.00000274. The van der Waals surface area contributed by atoms with Crippen LogP contribution < -0.4 is 10.2 Å². The van der Waals surface area contributed by atoms with E-state index in [-0.39, 0.29) is 30.4 Å². The van der Waals surface area contributed by atoms with Crippen LogP contribution in [0.5, 0.6) is 0 Å². The summed E-state index contributed by atoms with van der Waals surface area (Å²) in [6.07, 6.45) is 10.9. The zero-order chi connectivity index (χ0) is 22.9. The number of amides is 1. The van der Waals surface area contributed by atoms with Gasteiger partial charge in [-0.2, -0.15) is 0 Å². The van der Waals surface area contributed by atoms with Gasteiger partial charge in [-0.3, -0.25) is 14.7 Å². The summed E-state index contributed by atoms with van der Waals surface area (Å²) >= 11 is 12.7. The molecule has 2 aliphatic carbocycles. The largest absolute Gasteiger partial charge is 0.368 e. The van der Waals surface area contributed by atoms with Crippen molar-refractivity contribution >= 4 is 52.9 Å². The molecule has 1 saturated heterocycles. The van der Waals surface area contributed by atoms with E-state index >= 15 is 0 Å². The fraction of sp³-hybridized carbons (Fsp3) is 0.462. The van der Waals surface area contributed by atoms with Gasteiger partial charge in [-0.1, -0.05) is 54.8 Å². The second-order valence-corrected chi connectivity index (χ2v) is 10.00. The number of allylic oxidation sites excluding steroid dienone is 4. The van der Waals surface area contributed by atoms with Crippen LogP contribution in [0.15, 0.2) is 58.3 Å². The van der Waals surface area contributed by atoms with Crippen LogP contribution in [0.4, 0.5) is 5.69 Å². The average molecular weight is 522 g/mol. The Morgan fingerprint density at radius 3 is 2.79 bits per heavy atom. The number of hydrogen-bond acceptors (Lipinski definition) is 4. The van der Waals surface area contributed by atoms with Gasteiger partial charge in [0, 0.05) is 43.4 Å². The lowest BCUT2D eigenvalue weighted by atomic mass is 9.82. The zero-order valence-corrected chi connectivity index (χ0v) is 21.7. The number of carbonyl (C=O) groups excluding carboxylic acids is 1. The van der Waals surface area contributed by atoms with Gasteiger partial charge < -0.3 is 10.2 Å². The van der Waals surface area contributed by atoms with E-state index in [4.69, 9.17) is 28.2 Å². The molecule has 0 aromatic heterocycles. The summed E-state index contributed by atoms with van der Waals surface area (Å²) in [5.41, 5.74) is 5.75. The third-order valence-corrected chi connectivity index (χ3v) is 7.98. The fourth-order valence-corrected chi connectivity index (χ4v) is 5.78. The normalized spacial score (nSPS) is 22.6. The number of aliphatic imine (C=N–C) groups is 1. The molecule has 2 atom stereocenters. The highest BCUT2D eigenvalue weighted by molar-refractivity contribution is 6.43. The van der Waals surface area contributed by atoms with Crippen LogP contribution in [-0.2, 0) is 4.79 Å². The van der Waals surface area contributed by atoms with Crippen molar-refractivity contribution in [2.75, 3.05) is 31.1 Å². The summed E-state index contributed by atoms with van der Waals surface area (Å²) in [6, 6.07) is 5.78. The standard InChI is InChI=1S/C26H30Cl2N4O.ClH/c1-2-5-24(32-14-12-31(13-15-32)23-9-4-7-20(27)25(23)28)30-26(33)17-10-11-22-19(16-17)18-6-3-8-21(18)29-22;/h3-4,6-9,17,24H,2,5,10-16H2,1H3,(H,30,33);1H. The van der Waals surface area contributed by atoms with Crippen molar-refractivity contribution in [2.24, 2.45) is 10.9 Å². The average Bonchev–Trinajstić information content (AvgIpc) is 3.42. The third-order valence-electron chi connectivity index (χ3n) is 7.17. The third kappa shape index (κ3) is 4.94. The molecule has 5 nitrogen and oxygen atoms in total. The maximum atomic E-state index is 13.3. The monoisotopic (exact) mass is 520 g/mol. The van der Waals surface area contributed by atoms with Crippen LogP contribution in [-0.4, -0.2) is 48.9 Å². The van der Waals surface area contributed by atoms with Gasteiger partial charge in [0.1, 0.15) is 0 Å². The first-order valence-corrected chi connectivity index (χ1v) is 12.7. The molecule has 1 saturated carbocycles. The Bertz CT molecular complexity index is 1070. The van der Waals surface area contributed by atoms with E-state index in [9.17, 15) is 4.79 Å². The molecular formula is C26H31Cl3N4O. The van der Waals surface area contributed by atoms with Crippen LogP contribution in [0.3, 0.4) is 0 Å². The molecule has 5 rings (SSSR count). The summed E-state index contributed by atoms with van der Waals surface area (Å²) in [4.78, 5) is 22.7. The Morgan fingerprint density at radius 2 is 2.03 bits per heavy atom. The minimum atomic E-state index is 0. The van der Waals surface area contributed by atoms with E-state index in [2.05, 4.69) is 40.3 Å². The Morgan fingerprint density at radius 1 is 1.24 bits per heavy atom. The number of nitrogens with one attached hydrogen (secondary N) is 1. The first kappa shape index (κ1) is 25.3. The maximum Gasteiger partial charge on any atom is 0.224 e. The smallest absolute Gasteiger partial charge is 0.224 e. The molecule has 0 bridgehead atoms. The SMILES string of the molecule is CCCC(NC(=O)C1CCC2=NC3=CC=CC3=C2C1)N1CCN(c2cccc(Cl)c2Cl)CC1.Cl. The van der Waals surface area contributed by atoms with Crippen molar-refractivity contribution in [1.82, 2.24) is 10.2 Å². The molecule has 1 aromatic rings. The van der Waals surface area contributed by atoms with Crippen molar-refractivity contribution < 1.29 is 4.79 Å². The summed E-state index contributed by atoms with van der Waals surface area (Å²) in [5.74, 6) is 0.200. The second-order valence-electron chi connectivity index (χ2n) is 9.21. The van der Waals surface area contributed by atoms with Crippen LogP contribution in [0, 0.1) is 5.92 Å². The molecule has 1 N–H and O–H groups in total. The molecule has 1 amide bonds. The van der Waals surface area contributed by atoms with Crippen molar-refractivity contribution in [3.8, 4) is 0 Å². The molecule has 0 spiro atoms. The fourth-order valence-electron chi connectivity index (χ4n) is 5.36. The number of rotatable bonds is 6. The predicted octanol–water partition coefficient (Wildman–Crippen LogP) is 5.78. The van der Waals surface area contributed by atoms with E-state index in [0.717, 1.165) is 69.7 Å². The maximum absolute atomic E-state index is 13.3. The summed E-state index contributed by atoms with van der Waals surface area (Å²) in [7, 11) is 0. The van der Waals surface area contributed by atoms with Crippen molar-refractivity contribution in [3.05, 3.63) is 63.3 Å². The van der Waals surface area contributed by atoms with Gasteiger partial charge in [0.15, 0.2) is 0 Å². The summed E-state index contributed by atoms with van der Waals surface area (Å²) in [6.45, 7) is 5.65. The number of halogens is 3. The Kier molecular flexibility index (Phi) is 8.08. The summed E-state index contributed by atoms with van der Waals surface area (Å²) in [5, 5.41) is 4.60. The highest BCUT2D eigenvalue weighted by Crippen LogP contribution is 2.39.